The average Bonchev–Trinajstić information content (AvgIpc) is 2.84. The Labute approximate surface area is 203 Å². The molecule has 34 heavy (non-hydrogen) atoms. The van der Waals surface area contributed by atoms with Gasteiger partial charge in [0, 0.05) is 12.0 Å². The third-order valence-electron chi connectivity index (χ3n) is 9.68. The van der Waals surface area contributed by atoms with Gasteiger partial charge in [-0.3, -0.25) is 9.69 Å². The van der Waals surface area contributed by atoms with Crippen molar-refractivity contribution in [1.82, 2.24) is 4.90 Å². The normalized spacial score (nSPS) is 32.2. The lowest BCUT2D eigenvalue weighted by Crippen LogP contribution is -2.53. The monoisotopic (exact) mass is 456 g/mol. The van der Waals surface area contributed by atoms with Crippen molar-refractivity contribution >= 4 is 17.2 Å². The van der Waals surface area contributed by atoms with E-state index in [0.717, 1.165) is 61.7 Å². The first-order chi connectivity index (χ1) is 16.6. The van der Waals surface area contributed by atoms with Crippen LogP contribution in [0.3, 0.4) is 0 Å². The fourth-order valence-electron chi connectivity index (χ4n) is 8.39. The predicted octanol–water partition coefficient (Wildman–Crippen LogP) is 6.43. The standard InChI is InChI=1S/C30H36N2O2/c33-29(30-16-22-13-23(17-30)15-24(14-22)18-30)20-31-11-9-21(10-12-31)19-32-25-5-1-3-7-27(25)34-28-8-4-2-6-26(28)32/h1-8,21-24H,9-20H2. The summed E-state index contributed by atoms with van der Waals surface area (Å²) in [6, 6.07) is 16.8. The maximum atomic E-state index is 13.6. The lowest BCUT2D eigenvalue weighted by molar-refractivity contribution is -0.145. The number of fused-ring (bicyclic) bond motifs is 2. The first-order valence-electron chi connectivity index (χ1n) is 13.5. The van der Waals surface area contributed by atoms with Gasteiger partial charge >= 0.3 is 0 Å². The number of carbonyl (C=O) groups excluding carboxylic acids is 1. The van der Waals surface area contributed by atoms with Crippen molar-refractivity contribution in [3.8, 4) is 11.5 Å². The van der Waals surface area contributed by atoms with E-state index in [4.69, 9.17) is 4.74 Å². The van der Waals surface area contributed by atoms with E-state index in [0.29, 0.717) is 18.2 Å². The van der Waals surface area contributed by atoms with Crippen molar-refractivity contribution in [3.63, 3.8) is 0 Å². The molecule has 0 atom stereocenters. The van der Waals surface area contributed by atoms with Gasteiger partial charge in [-0.2, -0.15) is 0 Å². The van der Waals surface area contributed by atoms with Gasteiger partial charge in [0.25, 0.3) is 0 Å². The predicted molar refractivity (Wildman–Crippen MR) is 135 cm³/mol. The van der Waals surface area contributed by atoms with Gasteiger partial charge in [-0.05, 0) is 112 Å². The van der Waals surface area contributed by atoms with Gasteiger partial charge in [-0.25, -0.2) is 0 Å². The minimum atomic E-state index is 0.0484. The van der Waals surface area contributed by atoms with E-state index in [1.807, 2.05) is 12.1 Å². The Morgan fingerprint density at radius 2 is 1.35 bits per heavy atom. The third-order valence-corrected chi connectivity index (χ3v) is 9.68. The first-order valence-corrected chi connectivity index (χ1v) is 13.5. The van der Waals surface area contributed by atoms with E-state index < -0.39 is 0 Å². The number of piperidine rings is 1. The van der Waals surface area contributed by atoms with E-state index >= 15 is 0 Å². The molecule has 6 aliphatic rings. The number of Topliss-reactive ketones (excluding diaryl/α,β-unsaturated/α-hetero) is 1. The topological polar surface area (TPSA) is 32.8 Å². The zero-order chi connectivity index (χ0) is 22.7. The molecule has 2 aromatic carbocycles. The quantitative estimate of drug-likeness (QED) is 0.519. The largest absolute Gasteiger partial charge is 0.453 e. The van der Waals surface area contributed by atoms with Crippen LogP contribution in [0.4, 0.5) is 11.4 Å². The van der Waals surface area contributed by atoms with E-state index in [1.165, 1.54) is 49.9 Å². The molecule has 1 saturated heterocycles. The molecule has 4 aliphatic carbocycles. The fraction of sp³-hybridized carbons (Fsp3) is 0.567. The summed E-state index contributed by atoms with van der Waals surface area (Å²) in [5.74, 6) is 5.64. The van der Waals surface area contributed by atoms with Crippen LogP contribution in [0.25, 0.3) is 0 Å². The summed E-state index contributed by atoms with van der Waals surface area (Å²) in [6.07, 6.45) is 10.1. The van der Waals surface area contributed by atoms with Crippen LogP contribution in [0.5, 0.6) is 11.5 Å². The maximum Gasteiger partial charge on any atom is 0.152 e. The van der Waals surface area contributed by atoms with Crippen LogP contribution >= 0.6 is 0 Å². The van der Waals surface area contributed by atoms with Crippen LogP contribution in [0.1, 0.15) is 51.4 Å². The molecule has 5 fully saturated rings. The number of benzene rings is 2. The number of hydrogen-bond acceptors (Lipinski definition) is 4. The molecule has 2 aliphatic heterocycles. The van der Waals surface area contributed by atoms with Crippen molar-refractivity contribution in [2.75, 3.05) is 31.1 Å². The van der Waals surface area contributed by atoms with Crippen LogP contribution in [-0.2, 0) is 4.79 Å². The molecular weight excluding hydrogens is 420 g/mol. The molecule has 4 heteroatoms. The van der Waals surface area contributed by atoms with Crippen LogP contribution in [0, 0.1) is 29.1 Å². The van der Waals surface area contributed by atoms with Crippen LogP contribution < -0.4 is 9.64 Å². The number of ketones is 1. The first kappa shape index (κ1) is 21.0. The van der Waals surface area contributed by atoms with Crippen molar-refractivity contribution < 1.29 is 9.53 Å². The van der Waals surface area contributed by atoms with E-state index in [9.17, 15) is 4.79 Å². The summed E-state index contributed by atoms with van der Waals surface area (Å²) in [7, 11) is 0. The van der Waals surface area contributed by atoms with Crippen molar-refractivity contribution in [3.05, 3.63) is 48.5 Å². The summed E-state index contributed by atoms with van der Waals surface area (Å²) in [4.78, 5) is 18.5. The van der Waals surface area contributed by atoms with E-state index in [-0.39, 0.29) is 5.41 Å². The molecule has 2 aromatic rings. The number of nitrogens with zero attached hydrogens (tertiary/aromatic N) is 2. The van der Waals surface area contributed by atoms with Gasteiger partial charge in [0.2, 0.25) is 0 Å². The number of likely N-dealkylation sites (tertiary alicyclic amines) is 1. The highest BCUT2D eigenvalue weighted by molar-refractivity contribution is 5.87. The SMILES string of the molecule is O=C(CN1CCC(CN2c3ccccc3Oc3ccccc32)CC1)C12CC3CC(CC(C3)C1)C2. The highest BCUT2D eigenvalue weighted by atomic mass is 16.5. The Kier molecular flexibility index (Phi) is 5.01. The van der Waals surface area contributed by atoms with Crippen LogP contribution in [-0.4, -0.2) is 36.9 Å². The fourth-order valence-corrected chi connectivity index (χ4v) is 8.39. The van der Waals surface area contributed by atoms with Gasteiger partial charge in [-0.1, -0.05) is 24.3 Å². The lowest BCUT2D eigenvalue weighted by atomic mass is 9.48. The smallest absolute Gasteiger partial charge is 0.152 e. The minimum absolute atomic E-state index is 0.0484. The summed E-state index contributed by atoms with van der Waals surface area (Å²) < 4.78 is 6.17. The molecule has 4 nitrogen and oxygen atoms in total. The molecule has 0 unspecified atom stereocenters. The second-order valence-electron chi connectivity index (χ2n) is 12.0. The Morgan fingerprint density at radius 3 is 1.91 bits per heavy atom. The summed E-state index contributed by atoms with van der Waals surface area (Å²) >= 11 is 0. The molecule has 0 aromatic heterocycles. The summed E-state index contributed by atoms with van der Waals surface area (Å²) in [5, 5.41) is 0. The Balaban J connectivity index is 1.00. The third kappa shape index (κ3) is 3.57. The number of ether oxygens (including phenoxy) is 1. The number of rotatable bonds is 5. The molecule has 4 bridgehead atoms. The molecule has 8 rings (SSSR count). The van der Waals surface area contributed by atoms with Gasteiger partial charge < -0.3 is 9.64 Å². The van der Waals surface area contributed by atoms with Gasteiger partial charge in [0.15, 0.2) is 17.3 Å². The average molecular weight is 457 g/mol. The van der Waals surface area contributed by atoms with Crippen LogP contribution in [0.2, 0.25) is 0 Å². The van der Waals surface area contributed by atoms with E-state index in [1.54, 1.807) is 0 Å². The van der Waals surface area contributed by atoms with Gasteiger partial charge in [0.1, 0.15) is 0 Å². The second-order valence-corrected chi connectivity index (χ2v) is 12.0. The molecule has 2 heterocycles. The Morgan fingerprint density at radius 1 is 0.824 bits per heavy atom. The summed E-state index contributed by atoms with van der Waals surface area (Å²) in [6.45, 7) is 3.81. The van der Waals surface area contributed by atoms with Gasteiger partial charge in [0.05, 0.1) is 17.9 Å². The molecule has 4 saturated carbocycles. The second kappa shape index (κ2) is 8.12. The zero-order valence-electron chi connectivity index (χ0n) is 20.1. The van der Waals surface area contributed by atoms with Crippen molar-refractivity contribution in [1.29, 1.82) is 0 Å². The number of hydrogen-bond donors (Lipinski definition) is 0. The number of anilines is 2. The molecular formula is C30H36N2O2. The molecule has 0 N–H and O–H groups in total. The van der Waals surface area contributed by atoms with Crippen molar-refractivity contribution in [2.45, 2.75) is 51.4 Å². The minimum Gasteiger partial charge on any atom is -0.453 e. The van der Waals surface area contributed by atoms with Crippen molar-refractivity contribution in [2.24, 2.45) is 29.1 Å². The summed E-state index contributed by atoms with van der Waals surface area (Å²) in [5.41, 5.74) is 2.38. The maximum absolute atomic E-state index is 13.6. The van der Waals surface area contributed by atoms with Crippen LogP contribution in [0.15, 0.2) is 48.5 Å². The highest BCUT2D eigenvalue weighted by Crippen LogP contribution is 2.60. The zero-order valence-corrected chi connectivity index (χ0v) is 20.1. The number of carbonyl (C=O) groups is 1. The Hall–Kier alpha value is -2.33. The highest BCUT2D eigenvalue weighted by Gasteiger charge is 2.54. The molecule has 0 amide bonds. The molecule has 0 spiro atoms. The lowest BCUT2D eigenvalue weighted by Gasteiger charge is -2.56. The Bertz CT molecular complexity index is 1010. The molecule has 178 valence electrons. The molecule has 0 radical (unpaired) electrons. The van der Waals surface area contributed by atoms with E-state index in [2.05, 4.69) is 46.2 Å². The number of para-hydroxylation sites is 4. The van der Waals surface area contributed by atoms with Gasteiger partial charge in [-0.15, -0.1) is 0 Å².